The molecule has 0 fully saturated rings. The van der Waals surface area contributed by atoms with E-state index in [2.05, 4.69) is 15.5 Å². The lowest BCUT2D eigenvalue weighted by molar-refractivity contribution is 0.0934. The van der Waals surface area contributed by atoms with Crippen molar-refractivity contribution in [1.82, 2.24) is 15.5 Å². The Kier molecular flexibility index (Phi) is 3.57. The second-order valence-corrected chi connectivity index (χ2v) is 4.23. The highest BCUT2D eigenvalue weighted by molar-refractivity contribution is 5.97. The molecule has 6 nitrogen and oxygen atoms in total. The van der Waals surface area contributed by atoms with Gasteiger partial charge in [0.2, 0.25) is 0 Å². The van der Waals surface area contributed by atoms with Crippen molar-refractivity contribution < 1.29 is 14.4 Å². The van der Waals surface area contributed by atoms with E-state index in [-0.39, 0.29) is 18.6 Å². The molecule has 0 radical (unpaired) electrons. The van der Waals surface area contributed by atoms with E-state index >= 15 is 0 Å². The summed E-state index contributed by atoms with van der Waals surface area (Å²) in [5.74, 6) is -0.217. The van der Waals surface area contributed by atoms with Crippen LogP contribution in [0.25, 0.3) is 11.1 Å². The first-order valence-electron chi connectivity index (χ1n) is 5.75. The Morgan fingerprint density at radius 3 is 3.11 bits per heavy atom. The fraction of sp³-hybridized carbons (Fsp3) is 0.417. The van der Waals surface area contributed by atoms with Crippen LogP contribution in [0.2, 0.25) is 0 Å². The second-order valence-electron chi connectivity index (χ2n) is 4.23. The molecule has 1 unspecified atom stereocenters. The molecule has 0 aromatic carbocycles. The maximum absolute atomic E-state index is 11.9. The largest absolute Gasteiger partial charge is 0.396 e. The normalized spacial score (nSPS) is 12.6. The third-order valence-electron chi connectivity index (χ3n) is 2.71. The van der Waals surface area contributed by atoms with Gasteiger partial charge in [-0.25, -0.2) is 4.98 Å². The number of hydrogen-bond acceptors (Lipinski definition) is 5. The minimum Gasteiger partial charge on any atom is -0.396 e. The highest BCUT2D eigenvalue weighted by atomic mass is 16.5. The van der Waals surface area contributed by atoms with Crippen LogP contribution in [0.3, 0.4) is 0 Å². The molecule has 6 heteroatoms. The summed E-state index contributed by atoms with van der Waals surface area (Å²) in [6, 6.07) is 1.62. The van der Waals surface area contributed by atoms with Gasteiger partial charge in [-0.1, -0.05) is 5.16 Å². The van der Waals surface area contributed by atoms with Crippen molar-refractivity contribution in [2.45, 2.75) is 26.3 Å². The molecule has 1 amide bonds. The molecule has 0 saturated heterocycles. The lowest BCUT2D eigenvalue weighted by atomic mass is 10.2. The van der Waals surface area contributed by atoms with Gasteiger partial charge in [0.15, 0.2) is 0 Å². The summed E-state index contributed by atoms with van der Waals surface area (Å²) in [5.41, 5.74) is 1.58. The van der Waals surface area contributed by atoms with Crippen molar-refractivity contribution in [3.63, 3.8) is 0 Å². The Morgan fingerprint density at radius 1 is 1.61 bits per heavy atom. The SMILES string of the molecule is Cc1noc2ncc(C(=O)NC(C)CCO)cc12. The lowest BCUT2D eigenvalue weighted by Crippen LogP contribution is -2.33. The summed E-state index contributed by atoms with van der Waals surface area (Å²) in [5, 5.41) is 16.1. The number of carbonyl (C=O) groups is 1. The average Bonchev–Trinajstić information content (AvgIpc) is 2.71. The molecule has 2 rings (SSSR count). The number of nitrogens with zero attached hydrogens (tertiary/aromatic N) is 2. The predicted molar refractivity (Wildman–Crippen MR) is 65.2 cm³/mol. The third kappa shape index (κ3) is 2.48. The van der Waals surface area contributed by atoms with E-state index in [1.807, 2.05) is 6.92 Å². The van der Waals surface area contributed by atoms with E-state index in [1.54, 1.807) is 13.0 Å². The summed E-state index contributed by atoms with van der Waals surface area (Å²) < 4.78 is 4.98. The Morgan fingerprint density at radius 2 is 2.39 bits per heavy atom. The molecule has 0 aliphatic rings. The van der Waals surface area contributed by atoms with Gasteiger partial charge < -0.3 is 14.9 Å². The van der Waals surface area contributed by atoms with Crippen LogP contribution >= 0.6 is 0 Å². The summed E-state index contributed by atoms with van der Waals surface area (Å²) in [6.45, 7) is 3.68. The zero-order chi connectivity index (χ0) is 13.1. The quantitative estimate of drug-likeness (QED) is 0.845. The van der Waals surface area contributed by atoms with Gasteiger partial charge in [0.25, 0.3) is 11.6 Å². The van der Waals surface area contributed by atoms with E-state index in [9.17, 15) is 4.79 Å². The molecule has 0 saturated carbocycles. The number of fused-ring (bicyclic) bond motifs is 1. The van der Waals surface area contributed by atoms with Crippen molar-refractivity contribution in [2.75, 3.05) is 6.61 Å². The number of pyridine rings is 1. The number of carbonyl (C=O) groups excluding carboxylic acids is 1. The third-order valence-corrected chi connectivity index (χ3v) is 2.71. The van der Waals surface area contributed by atoms with Gasteiger partial charge in [-0.15, -0.1) is 0 Å². The number of aliphatic hydroxyl groups is 1. The van der Waals surface area contributed by atoms with E-state index in [4.69, 9.17) is 9.63 Å². The number of aryl methyl sites for hydroxylation is 1. The van der Waals surface area contributed by atoms with E-state index in [0.29, 0.717) is 23.4 Å². The van der Waals surface area contributed by atoms with Gasteiger partial charge in [0.1, 0.15) is 0 Å². The van der Waals surface area contributed by atoms with Crippen LogP contribution in [-0.4, -0.2) is 33.8 Å². The fourth-order valence-electron chi connectivity index (χ4n) is 1.64. The van der Waals surface area contributed by atoms with Crippen LogP contribution in [0.1, 0.15) is 29.4 Å². The minimum atomic E-state index is -0.217. The number of aliphatic hydroxyl groups excluding tert-OH is 1. The standard InChI is InChI=1S/C12H15N3O3/c1-7(3-4-16)14-11(17)9-5-10-8(2)15-18-12(10)13-6-9/h5-7,16H,3-4H2,1-2H3,(H,14,17). The van der Waals surface area contributed by atoms with Gasteiger partial charge in [-0.3, -0.25) is 4.79 Å². The molecular formula is C12H15N3O3. The molecule has 0 aliphatic carbocycles. The molecule has 0 aliphatic heterocycles. The van der Waals surface area contributed by atoms with Gasteiger partial charge in [0, 0.05) is 18.8 Å². The number of rotatable bonds is 4. The van der Waals surface area contributed by atoms with Crippen molar-refractivity contribution in [1.29, 1.82) is 0 Å². The summed E-state index contributed by atoms with van der Waals surface area (Å²) in [4.78, 5) is 16.0. The molecule has 2 heterocycles. The molecule has 2 aromatic heterocycles. The number of hydrogen-bond donors (Lipinski definition) is 2. The van der Waals surface area contributed by atoms with Crippen molar-refractivity contribution >= 4 is 17.0 Å². The molecule has 0 bridgehead atoms. The average molecular weight is 249 g/mol. The van der Waals surface area contributed by atoms with Crippen LogP contribution in [0.4, 0.5) is 0 Å². The van der Waals surface area contributed by atoms with E-state index in [1.165, 1.54) is 6.20 Å². The lowest BCUT2D eigenvalue weighted by Gasteiger charge is -2.11. The number of amides is 1. The van der Waals surface area contributed by atoms with Crippen LogP contribution < -0.4 is 5.32 Å². The van der Waals surface area contributed by atoms with Gasteiger partial charge in [-0.05, 0) is 26.3 Å². The van der Waals surface area contributed by atoms with Crippen molar-refractivity contribution in [3.8, 4) is 0 Å². The van der Waals surface area contributed by atoms with E-state index < -0.39 is 0 Å². The number of aromatic nitrogens is 2. The highest BCUT2D eigenvalue weighted by Gasteiger charge is 2.13. The molecule has 1 atom stereocenters. The van der Waals surface area contributed by atoms with Crippen LogP contribution in [0.15, 0.2) is 16.8 Å². The predicted octanol–water partition coefficient (Wildman–Crippen LogP) is 1.03. The zero-order valence-electron chi connectivity index (χ0n) is 10.3. The van der Waals surface area contributed by atoms with Gasteiger partial charge in [-0.2, -0.15) is 0 Å². The first kappa shape index (κ1) is 12.5. The first-order valence-corrected chi connectivity index (χ1v) is 5.75. The maximum atomic E-state index is 11.9. The molecule has 96 valence electrons. The fourth-order valence-corrected chi connectivity index (χ4v) is 1.64. The summed E-state index contributed by atoms with van der Waals surface area (Å²) >= 11 is 0. The molecular weight excluding hydrogens is 234 g/mol. The Labute approximate surface area is 104 Å². The molecule has 2 aromatic rings. The first-order chi connectivity index (χ1) is 8.61. The maximum Gasteiger partial charge on any atom is 0.257 e. The monoisotopic (exact) mass is 249 g/mol. The highest BCUT2D eigenvalue weighted by Crippen LogP contribution is 2.16. The molecule has 18 heavy (non-hydrogen) atoms. The van der Waals surface area contributed by atoms with Crippen molar-refractivity contribution in [3.05, 3.63) is 23.5 Å². The van der Waals surface area contributed by atoms with Crippen LogP contribution in [0, 0.1) is 6.92 Å². The second kappa shape index (κ2) is 5.14. The minimum absolute atomic E-state index is 0.0451. The number of nitrogens with one attached hydrogen (secondary N) is 1. The van der Waals surface area contributed by atoms with Gasteiger partial charge in [0.05, 0.1) is 16.6 Å². The van der Waals surface area contributed by atoms with Crippen LogP contribution in [0.5, 0.6) is 0 Å². The van der Waals surface area contributed by atoms with Crippen molar-refractivity contribution in [2.24, 2.45) is 0 Å². The van der Waals surface area contributed by atoms with Gasteiger partial charge >= 0.3 is 0 Å². The Balaban J connectivity index is 2.20. The zero-order valence-corrected chi connectivity index (χ0v) is 10.3. The van der Waals surface area contributed by atoms with Crippen LogP contribution in [-0.2, 0) is 0 Å². The summed E-state index contributed by atoms with van der Waals surface area (Å²) in [6.07, 6.45) is 1.97. The Bertz CT molecular complexity index is 565. The molecule has 2 N–H and O–H groups in total. The topological polar surface area (TPSA) is 88.2 Å². The summed E-state index contributed by atoms with van der Waals surface area (Å²) in [7, 11) is 0. The molecule has 0 spiro atoms. The van der Waals surface area contributed by atoms with E-state index in [0.717, 1.165) is 5.39 Å². The smallest absolute Gasteiger partial charge is 0.257 e. The Hall–Kier alpha value is -1.95.